The van der Waals surface area contributed by atoms with E-state index in [0.29, 0.717) is 32.5 Å². The van der Waals surface area contributed by atoms with E-state index in [2.05, 4.69) is 31.4 Å². The fraction of sp³-hybridized carbons (Fsp3) is 0.524. The molecule has 1 saturated heterocycles. The summed E-state index contributed by atoms with van der Waals surface area (Å²) in [6.07, 6.45) is 2.64. The number of likely N-dealkylation sites (tertiary alicyclic amines) is 1. The Morgan fingerprint density at radius 2 is 2.03 bits per heavy atom. The molecule has 1 atom stereocenters. The number of piperidine rings is 1. The van der Waals surface area contributed by atoms with Crippen LogP contribution in [-0.4, -0.2) is 53.5 Å². The van der Waals surface area contributed by atoms with Gasteiger partial charge in [-0.25, -0.2) is 4.99 Å². The first-order chi connectivity index (χ1) is 15.3. The fourth-order valence-electron chi connectivity index (χ4n) is 4.07. The summed E-state index contributed by atoms with van der Waals surface area (Å²) < 4.78 is 41.4. The number of hydrogen-bond donors (Lipinski definition) is 2. The monoisotopic (exact) mass is 467 g/mol. The highest BCUT2D eigenvalue weighted by Crippen LogP contribution is 2.32. The van der Waals surface area contributed by atoms with Gasteiger partial charge in [-0.1, -0.05) is 6.08 Å². The van der Waals surface area contributed by atoms with Crippen molar-refractivity contribution in [3.05, 3.63) is 40.1 Å². The van der Waals surface area contributed by atoms with E-state index in [1.807, 2.05) is 29.3 Å². The molecule has 1 amide bonds. The number of alkyl halides is 3. The number of nitrogens with zero attached hydrogens (tertiary/aromatic N) is 3. The maximum absolute atomic E-state index is 12.4. The molecule has 1 saturated carbocycles. The molecule has 1 unspecified atom stereocenters. The predicted octanol–water partition coefficient (Wildman–Crippen LogP) is 3.19. The van der Waals surface area contributed by atoms with Crippen molar-refractivity contribution in [3.8, 4) is 0 Å². The van der Waals surface area contributed by atoms with Crippen molar-refractivity contribution >= 4 is 28.8 Å². The zero-order valence-electron chi connectivity index (χ0n) is 17.3. The molecule has 1 aliphatic carbocycles. The molecular weight excluding hydrogens is 443 g/mol. The Bertz CT molecular complexity index is 961. The highest BCUT2D eigenvalue weighted by atomic mass is 32.1. The van der Waals surface area contributed by atoms with E-state index in [0.717, 1.165) is 34.1 Å². The number of aliphatic imine (C=N–C) groups is 1. The van der Waals surface area contributed by atoms with Gasteiger partial charge in [0.1, 0.15) is 5.84 Å². The summed E-state index contributed by atoms with van der Waals surface area (Å²) in [5.41, 5.74) is 4.18. The van der Waals surface area contributed by atoms with Crippen LogP contribution in [0.1, 0.15) is 35.4 Å². The third-order valence-electron chi connectivity index (χ3n) is 5.84. The van der Waals surface area contributed by atoms with Crippen LogP contribution < -0.4 is 10.7 Å². The van der Waals surface area contributed by atoms with Crippen molar-refractivity contribution in [2.75, 3.05) is 13.1 Å². The standard InChI is InChI=1S/C21H24F3N5O2S/c22-21(23,24)31-14-8-10-28(11-9-14)12-15-6-7-17(32-15)16-2-1-3-18-25-20(27-29(16)18)26-19(30)13-4-5-13/h1-3,6-7,13-14,20,27H,4-5,8-12H2,(H,26,30). The number of thiophene rings is 1. The summed E-state index contributed by atoms with van der Waals surface area (Å²) in [5, 5.41) is 4.80. The minimum absolute atomic E-state index is 0.0315. The number of ether oxygens (including phenoxy) is 1. The van der Waals surface area contributed by atoms with Gasteiger partial charge in [-0.3, -0.25) is 19.4 Å². The number of fused-ring (bicyclic) bond motifs is 1. The zero-order chi connectivity index (χ0) is 22.3. The summed E-state index contributed by atoms with van der Waals surface area (Å²) in [4.78, 5) is 21.0. The van der Waals surface area contributed by atoms with Crippen LogP contribution in [0.25, 0.3) is 5.70 Å². The zero-order valence-corrected chi connectivity index (χ0v) is 18.1. The number of carbonyl (C=O) groups excluding carboxylic acids is 1. The molecule has 32 heavy (non-hydrogen) atoms. The van der Waals surface area contributed by atoms with E-state index < -0.39 is 18.8 Å². The minimum atomic E-state index is -4.57. The molecule has 0 radical (unpaired) electrons. The van der Waals surface area contributed by atoms with Gasteiger partial charge >= 0.3 is 6.36 Å². The molecule has 2 N–H and O–H groups in total. The second-order valence-corrected chi connectivity index (χ2v) is 9.52. The van der Waals surface area contributed by atoms with Crippen molar-refractivity contribution < 1.29 is 22.7 Å². The number of hydrogen-bond acceptors (Lipinski definition) is 7. The summed E-state index contributed by atoms with van der Waals surface area (Å²) in [6, 6.07) is 4.09. The van der Waals surface area contributed by atoms with Crippen molar-refractivity contribution in [1.82, 2.24) is 20.7 Å². The summed E-state index contributed by atoms with van der Waals surface area (Å²) in [7, 11) is 0. The summed E-state index contributed by atoms with van der Waals surface area (Å²) in [6.45, 7) is 1.85. The Hall–Kier alpha value is -2.21. The van der Waals surface area contributed by atoms with Crippen LogP contribution in [-0.2, 0) is 16.1 Å². The molecule has 4 heterocycles. The van der Waals surface area contributed by atoms with Crippen molar-refractivity contribution in [2.45, 2.75) is 51.0 Å². The first-order valence-electron chi connectivity index (χ1n) is 10.7. The van der Waals surface area contributed by atoms with E-state index in [4.69, 9.17) is 0 Å². The molecular formula is C21H24F3N5O2S. The Kier molecular flexibility index (Phi) is 5.82. The first kappa shape index (κ1) is 21.6. The van der Waals surface area contributed by atoms with Gasteiger partial charge in [0.25, 0.3) is 0 Å². The van der Waals surface area contributed by atoms with Crippen LogP contribution in [0.5, 0.6) is 0 Å². The normalized spacial score (nSPS) is 24.3. The highest BCUT2D eigenvalue weighted by molar-refractivity contribution is 7.13. The third kappa shape index (κ3) is 5.06. The van der Waals surface area contributed by atoms with E-state index in [1.54, 1.807) is 11.3 Å². The average molecular weight is 468 g/mol. The Balaban J connectivity index is 1.17. The van der Waals surface area contributed by atoms with Crippen molar-refractivity contribution in [1.29, 1.82) is 0 Å². The van der Waals surface area contributed by atoms with Gasteiger partial charge < -0.3 is 5.32 Å². The lowest BCUT2D eigenvalue weighted by Crippen LogP contribution is -2.47. The van der Waals surface area contributed by atoms with E-state index >= 15 is 0 Å². The Morgan fingerprint density at radius 1 is 1.25 bits per heavy atom. The molecule has 4 aliphatic rings. The quantitative estimate of drug-likeness (QED) is 0.673. The number of rotatable bonds is 6. The lowest BCUT2D eigenvalue weighted by Gasteiger charge is -2.31. The molecule has 2 fully saturated rings. The molecule has 3 aliphatic heterocycles. The largest absolute Gasteiger partial charge is 0.522 e. The maximum atomic E-state index is 12.4. The molecule has 1 aromatic rings. The van der Waals surface area contributed by atoms with Crippen LogP contribution in [0.3, 0.4) is 0 Å². The van der Waals surface area contributed by atoms with Gasteiger partial charge in [-0.15, -0.1) is 24.5 Å². The minimum Gasteiger partial charge on any atom is -0.320 e. The topological polar surface area (TPSA) is 69.2 Å². The summed E-state index contributed by atoms with van der Waals surface area (Å²) in [5.74, 6) is 0.888. The van der Waals surface area contributed by atoms with Crippen LogP contribution in [0, 0.1) is 5.92 Å². The second-order valence-electron chi connectivity index (χ2n) is 8.35. The second kappa shape index (κ2) is 8.62. The molecule has 0 aromatic carbocycles. The lowest BCUT2D eigenvalue weighted by atomic mass is 10.1. The summed E-state index contributed by atoms with van der Waals surface area (Å²) >= 11 is 1.64. The number of amidine groups is 1. The molecule has 1 aromatic heterocycles. The van der Waals surface area contributed by atoms with Crippen LogP contribution in [0.4, 0.5) is 13.2 Å². The smallest absolute Gasteiger partial charge is 0.320 e. The van der Waals surface area contributed by atoms with Crippen molar-refractivity contribution in [3.63, 3.8) is 0 Å². The van der Waals surface area contributed by atoms with Gasteiger partial charge in [0.05, 0.1) is 16.7 Å². The van der Waals surface area contributed by atoms with E-state index in [9.17, 15) is 18.0 Å². The molecule has 5 rings (SSSR count). The van der Waals surface area contributed by atoms with Crippen LogP contribution in [0.2, 0.25) is 0 Å². The van der Waals surface area contributed by atoms with Gasteiger partial charge in [-0.2, -0.15) is 5.43 Å². The number of nitrogens with one attached hydrogen (secondary N) is 2. The van der Waals surface area contributed by atoms with Gasteiger partial charge in [0.15, 0.2) is 6.29 Å². The average Bonchev–Trinajstić information content (AvgIpc) is 3.36. The van der Waals surface area contributed by atoms with Gasteiger partial charge in [0, 0.05) is 30.4 Å². The number of allylic oxidation sites excluding steroid dienone is 2. The fourth-order valence-corrected chi connectivity index (χ4v) is 5.13. The van der Waals surface area contributed by atoms with Crippen molar-refractivity contribution in [2.24, 2.45) is 10.9 Å². The number of halogens is 3. The SMILES string of the molecule is O=C(NC1N=C2C=CC=C(c3ccc(CN4CCC(OC(F)(F)F)CC4)s3)N2N1)C1CC1. The number of amides is 1. The molecule has 172 valence electrons. The van der Waals surface area contributed by atoms with Gasteiger partial charge in [0.2, 0.25) is 5.91 Å². The van der Waals surface area contributed by atoms with Gasteiger partial charge in [-0.05, 0) is 50.0 Å². The van der Waals surface area contributed by atoms with E-state index in [-0.39, 0.29) is 11.8 Å². The number of hydrazine groups is 1. The number of carbonyl (C=O) groups is 1. The first-order valence-corrected chi connectivity index (χ1v) is 11.5. The Morgan fingerprint density at radius 3 is 2.75 bits per heavy atom. The van der Waals surface area contributed by atoms with Crippen LogP contribution in [0.15, 0.2) is 35.4 Å². The highest BCUT2D eigenvalue weighted by Gasteiger charge is 2.36. The Labute approximate surface area is 187 Å². The third-order valence-corrected chi connectivity index (χ3v) is 6.93. The predicted molar refractivity (Wildman–Crippen MR) is 114 cm³/mol. The maximum Gasteiger partial charge on any atom is 0.522 e. The van der Waals surface area contributed by atoms with E-state index in [1.165, 1.54) is 0 Å². The molecule has 0 spiro atoms. The molecule has 0 bridgehead atoms. The molecule has 11 heteroatoms. The lowest BCUT2D eigenvalue weighted by molar-refractivity contribution is -0.345. The van der Waals surface area contributed by atoms with Crippen LogP contribution >= 0.6 is 11.3 Å². The molecule has 7 nitrogen and oxygen atoms in total.